The van der Waals surface area contributed by atoms with Gasteiger partial charge in [-0.25, -0.2) is 9.97 Å². The number of hydrogen-bond acceptors (Lipinski definition) is 6. The molecule has 0 radical (unpaired) electrons. The van der Waals surface area contributed by atoms with Gasteiger partial charge in [0.15, 0.2) is 0 Å². The first-order valence-electron chi connectivity index (χ1n) is 11.7. The van der Waals surface area contributed by atoms with Gasteiger partial charge in [0.1, 0.15) is 5.75 Å². The molecule has 0 bridgehead atoms. The number of aryl methyl sites for hydroxylation is 1. The highest BCUT2D eigenvalue weighted by Gasteiger charge is 2.34. The Morgan fingerprint density at radius 3 is 2.64 bits per heavy atom. The number of hydrogen-bond donors (Lipinski definition) is 0. The summed E-state index contributed by atoms with van der Waals surface area (Å²) in [7, 11) is 3.60. The zero-order chi connectivity index (χ0) is 22.8. The molecule has 2 fully saturated rings. The van der Waals surface area contributed by atoms with E-state index in [9.17, 15) is 4.79 Å². The van der Waals surface area contributed by atoms with Crippen molar-refractivity contribution in [1.29, 1.82) is 0 Å². The van der Waals surface area contributed by atoms with Crippen molar-refractivity contribution < 1.29 is 9.53 Å². The summed E-state index contributed by atoms with van der Waals surface area (Å²) in [6.45, 7) is 2.76. The first-order valence-corrected chi connectivity index (χ1v) is 11.7. The van der Waals surface area contributed by atoms with Crippen molar-refractivity contribution in [3.05, 3.63) is 54.0 Å². The third kappa shape index (κ3) is 4.29. The summed E-state index contributed by atoms with van der Waals surface area (Å²) < 4.78 is 7.13. The van der Waals surface area contributed by atoms with E-state index in [4.69, 9.17) is 9.72 Å². The van der Waals surface area contributed by atoms with Crippen LogP contribution in [0, 0.1) is 0 Å². The molecule has 0 aliphatic carbocycles. The number of amides is 1. The molecule has 1 amide bonds. The van der Waals surface area contributed by atoms with E-state index < -0.39 is 0 Å². The van der Waals surface area contributed by atoms with Crippen LogP contribution in [0.4, 0.5) is 5.95 Å². The number of anilines is 1. The molecule has 0 N–H and O–H groups in total. The molecule has 2 aliphatic rings. The molecule has 2 saturated heterocycles. The number of benzene rings is 1. The quantitative estimate of drug-likeness (QED) is 0.578. The van der Waals surface area contributed by atoms with Gasteiger partial charge in [-0.3, -0.25) is 9.48 Å². The monoisotopic (exact) mass is 446 g/mol. The first kappa shape index (κ1) is 21.4. The molecule has 4 heterocycles. The van der Waals surface area contributed by atoms with Gasteiger partial charge in [0, 0.05) is 38.4 Å². The highest BCUT2D eigenvalue weighted by atomic mass is 16.5. The molecule has 33 heavy (non-hydrogen) atoms. The average molecular weight is 447 g/mol. The highest BCUT2D eigenvalue weighted by Crippen LogP contribution is 2.37. The Labute approximate surface area is 194 Å². The smallest absolute Gasteiger partial charge is 0.227 e. The zero-order valence-corrected chi connectivity index (χ0v) is 19.3. The molecule has 8 nitrogen and oxygen atoms in total. The van der Waals surface area contributed by atoms with E-state index in [0.29, 0.717) is 6.42 Å². The van der Waals surface area contributed by atoms with Crippen LogP contribution in [-0.2, 0) is 18.3 Å². The maximum Gasteiger partial charge on any atom is 0.227 e. The molecule has 1 aromatic carbocycles. The van der Waals surface area contributed by atoms with Crippen molar-refractivity contribution in [2.45, 2.75) is 38.1 Å². The minimum Gasteiger partial charge on any atom is -0.497 e. The molecular formula is C25H30N6O2. The van der Waals surface area contributed by atoms with Crippen LogP contribution >= 0.6 is 0 Å². The number of carbonyl (C=O) groups excluding carboxylic acids is 1. The summed E-state index contributed by atoms with van der Waals surface area (Å²) in [4.78, 5) is 26.9. The standard InChI is InChI=1S/C25H30N6O2/c1-29-24(20(17-27-29)21-11-12-26-25(28-21)30-13-3-4-14-30)22-6-5-15-31(22)23(32)16-18-7-9-19(33-2)10-8-18/h7-12,17,22H,3-6,13-16H2,1-2H3. The highest BCUT2D eigenvalue weighted by molar-refractivity contribution is 5.80. The van der Waals surface area contributed by atoms with Gasteiger partial charge in [-0.15, -0.1) is 0 Å². The van der Waals surface area contributed by atoms with Gasteiger partial charge in [-0.05, 0) is 49.4 Å². The topological polar surface area (TPSA) is 76.4 Å². The van der Waals surface area contributed by atoms with Crippen molar-refractivity contribution in [3.8, 4) is 17.0 Å². The Balaban J connectivity index is 1.40. The van der Waals surface area contributed by atoms with E-state index in [2.05, 4.69) is 15.0 Å². The summed E-state index contributed by atoms with van der Waals surface area (Å²) in [6, 6.07) is 9.64. The second kappa shape index (κ2) is 9.21. The number of carbonyl (C=O) groups is 1. The molecule has 0 saturated carbocycles. The van der Waals surface area contributed by atoms with Crippen LogP contribution in [0.1, 0.15) is 43.0 Å². The van der Waals surface area contributed by atoms with Gasteiger partial charge in [-0.2, -0.15) is 5.10 Å². The average Bonchev–Trinajstić information content (AvgIpc) is 3.60. The number of nitrogens with zero attached hydrogens (tertiary/aromatic N) is 6. The number of rotatable bonds is 6. The number of methoxy groups -OCH3 is 1. The van der Waals surface area contributed by atoms with Crippen LogP contribution < -0.4 is 9.64 Å². The van der Waals surface area contributed by atoms with Gasteiger partial charge in [0.25, 0.3) is 0 Å². The summed E-state index contributed by atoms with van der Waals surface area (Å²) in [5.74, 6) is 1.71. The summed E-state index contributed by atoms with van der Waals surface area (Å²) in [6.07, 6.45) is 8.33. The third-order valence-corrected chi connectivity index (χ3v) is 6.70. The van der Waals surface area contributed by atoms with Gasteiger partial charge in [0.05, 0.1) is 37.2 Å². The summed E-state index contributed by atoms with van der Waals surface area (Å²) >= 11 is 0. The fourth-order valence-electron chi connectivity index (χ4n) is 4.98. The molecule has 1 unspecified atom stereocenters. The van der Waals surface area contributed by atoms with Crippen LogP contribution in [0.2, 0.25) is 0 Å². The second-order valence-corrected chi connectivity index (χ2v) is 8.77. The Kier molecular flexibility index (Phi) is 5.98. The normalized spacial score (nSPS) is 18.2. The number of ether oxygens (including phenoxy) is 1. The Hall–Kier alpha value is -3.42. The Morgan fingerprint density at radius 2 is 1.88 bits per heavy atom. The minimum atomic E-state index is -0.0107. The van der Waals surface area contributed by atoms with Crippen molar-refractivity contribution >= 4 is 11.9 Å². The van der Waals surface area contributed by atoms with Gasteiger partial charge >= 0.3 is 0 Å². The molecule has 2 aliphatic heterocycles. The molecule has 3 aromatic rings. The molecule has 172 valence electrons. The fourth-order valence-corrected chi connectivity index (χ4v) is 4.98. The second-order valence-electron chi connectivity index (χ2n) is 8.77. The molecule has 8 heteroatoms. The van der Waals surface area contributed by atoms with Gasteiger partial charge < -0.3 is 14.5 Å². The predicted molar refractivity (Wildman–Crippen MR) is 126 cm³/mol. The number of aromatic nitrogens is 4. The van der Waals surface area contributed by atoms with Crippen molar-refractivity contribution in [3.63, 3.8) is 0 Å². The zero-order valence-electron chi connectivity index (χ0n) is 19.3. The van der Waals surface area contributed by atoms with E-state index in [1.54, 1.807) is 7.11 Å². The van der Waals surface area contributed by atoms with Crippen LogP contribution in [0.3, 0.4) is 0 Å². The Morgan fingerprint density at radius 1 is 1.09 bits per heavy atom. The maximum absolute atomic E-state index is 13.3. The minimum absolute atomic E-state index is 0.0107. The van der Waals surface area contributed by atoms with E-state index in [1.807, 2.05) is 59.4 Å². The molecular weight excluding hydrogens is 416 g/mol. The van der Waals surface area contributed by atoms with E-state index >= 15 is 0 Å². The van der Waals surface area contributed by atoms with E-state index in [1.165, 1.54) is 12.8 Å². The molecule has 0 spiro atoms. The Bertz CT molecular complexity index is 1120. The third-order valence-electron chi connectivity index (χ3n) is 6.70. The van der Waals surface area contributed by atoms with Gasteiger partial charge in [0.2, 0.25) is 11.9 Å². The SMILES string of the molecule is COc1ccc(CC(=O)N2CCCC2c2c(-c3ccnc(N4CCCC4)n3)cnn2C)cc1. The molecule has 1 atom stereocenters. The maximum atomic E-state index is 13.3. The fraction of sp³-hybridized carbons (Fsp3) is 0.440. The van der Waals surface area contributed by atoms with Crippen molar-refractivity contribution in [2.24, 2.45) is 7.05 Å². The lowest BCUT2D eigenvalue weighted by Crippen LogP contribution is -2.33. The molecule has 2 aromatic heterocycles. The lowest BCUT2D eigenvalue weighted by atomic mass is 10.0. The lowest BCUT2D eigenvalue weighted by Gasteiger charge is -2.26. The van der Waals surface area contributed by atoms with Gasteiger partial charge in [-0.1, -0.05) is 12.1 Å². The van der Waals surface area contributed by atoms with Crippen LogP contribution in [-0.4, -0.2) is 57.3 Å². The predicted octanol–water partition coefficient (Wildman–Crippen LogP) is 3.39. The van der Waals surface area contributed by atoms with E-state index in [0.717, 1.165) is 66.7 Å². The largest absolute Gasteiger partial charge is 0.497 e. The summed E-state index contributed by atoms with van der Waals surface area (Å²) in [5.41, 5.74) is 3.88. The van der Waals surface area contributed by atoms with Crippen LogP contribution in [0.15, 0.2) is 42.7 Å². The number of likely N-dealkylation sites (tertiary alicyclic amines) is 1. The van der Waals surface area contributed by atoms with Crippen LogP contribution in [0.25, 0.3) is 11.3 Å². The first-order chi connectivity index (χ1) is 16.1. The van der Waals surface area contributed by atoms with E-state index in [-0.39, 0.29) is 11.9 Å². The molecule has 5 rings (SSSR count). The summed E-state index contributed by atoms with van der Waals surface area (Å²) in [5, 5.41) is 4.55. The van der Waals surface area contributed by atoms with Crippen molar-refractivity contribution in [1.82, 2.24) is 24.6 Å². The lowest BCUT2D eigenvalue weighted by molar-refractivity contribution is -0.131. The van der Waals surface area contributed by atoms with Crippen molar-refractivity contribution in [2.75, 3.05) is 31.6 Å². The van der Waals surface area contributed by atoms with Crippen LogP contribution in [0.5, 0.6) is 5.75 Å².